The summed E-state index contributed by atoms with van der Waals surface area (Å²) in [5, 5.41) is 6.17. The fourth-order valence-corrected chi connectivity index (χ4v) is 3.40. The summed E-state index contributed by atoms with van der Waals surface area (Å²) < 4.78 is 61.1. The van der Waals surface area contributed by atoms with Crippen molar-refractivity contribution in [2.75, 3.05) is 12.8 Å². The van der Waals surface area contributed by atoms with Gasteiger partial charge in [0, 0.05) is 19.3 Å². The third kappa shape index (κ3) is 8.15. The van der Waals surface area contributed by atoms with Gasteiger partial charge in [-0.15, -0.1) is 0 Å². The van der Waals surface area contributed by atoms with Gasteiger partial charge in [-0.1, -0.05) is 36.4 Å². The molecule has 0 saturated carbocycles. The van der Waals surface area contributed by atoms with E-state index in [0.29, 0.717) is 30.2 Å². The second kappa shape index (κ2) is 9.78. The number of halogens is 3. The van der Waals surface area contributed by atoms with Crippen molar-refractivity contribution in [2.24, 2.45) is 4.99 Å². The summed E-state index contributed by atoms with van der Waals surface area (Å²) in [6, 6.07) is 12.2. The molecule has 0 aliphatic rings. The van der Waals surface area contributed by atoms with Gasteiger partial charge in [-0.3, -0.25) is 0 Å². The third-order valence-electron chi connectivity index (χ3n) is 3.93. The average molecular weight is 427 g/mol. The Hall–Kier alpha value is -2.55. The molecule has 0 radical (unpaired) electrons. The molecule has 0 heterocycles. The van der Waals surface area contributed by atoms with Crippen LogP contribution in [0.2, 0.25) is 0 Å². The molecule has 0 bridgehead atoms. The van der Waals surface area contributed by atoms with Crippen LogP contribution >= 0.6 is 0 Å². The number of guanidine groups is 1. The molecule has 0 spiro atoms. The van der Waals surface area contributed by atoms with E-state index in [2.05, 4.69) is 15.6 Å². The number of hydrogen-bond acceptors (Lipinski definition) is 3. The maximum Gasteiger partial charge on any atom is 0.416 e. The Morgan fingerprint density at radius 3 is 2.24 bits per heavy atom. The molecule has 2 aromatic rings. The van der Waals surface area contributed by atoms with E-state index in [1.165, 1.54) is 12.3 Å². The Morgan fingerprint density at radius 1 is 1.00 bits per heavy atom. The highest BCUT2D eigenvalue weighted by atomic mass is 32.2. The lowest BCUT2D eigenvalue weighted by Gasteiger charge is -2.12. The molecular weight excluding hydrogens is 403 g/mol. The second-order valence-corrected chi connectivity index (χ2v) is 8.77. The molecule has 0 atom stereocenters. The minimum atomic E-state index is -4.38. The van der Waals surface area contributed by atoms with Gasteiger partial charge in [0.15, 0.2) is 15.8 Å². The van der Waals surface area contributed by atoms with Crippen LogP contribution in [0.4, 0.5) is 13.2 Å². The Kier molecular flexibility index (Phi) is 7.66. The van der Waals surface area contributed by atoms with E-state index >= 15 is 0 Å². The number of nitrogens with one attached hydrogen (secondary N) is 2. The largest absolute Gasteiger partial charge is 0.416 e. The third-order valence-corrected chi connectivity index (χ3v) is 4.79. The summed E-state index contributed by atoms with van der Waals surface area (Å²) in [6.07, 6.45) is -3.20. The molecule has 0 amide bonds. The highest BCUT2D eigenvalue weighted by Crippen LogP contribution is 2.29. The topological polar surface area (TPSA) is 70.6 Å². The predicted molar refractivity (Wildman–Crippen MR) is 108 cm³/mol. The van der Waals surface area contributed by atoms with Gasteiger partial charge in [0.1, 0.15) is 0 Å². The quantitative estimate of drug-likeness (QED) is 0.524. The molecule has 0 unspecified atom stereocenters. The molecule has 29 heavy (non-hydrogen) atoms. The summed E-state index contributed by atoms with van der Waals surface area (Å²) in [6.45, 7) is 3.03. The van der Waals surface area contributed by atoms with E-state index in [4.69, 9.17) is 0 Å². The monoisotopic (exact) mass is 427 g/mol. The van der Waals surface area contributed by atoms with E-state index in [1.54, 1.807) is 18.2 Å². The van der Waals surface area contributed by atoms with Crippen LogP contribution < -0.4 is 10.6 Å². The summed E-state index contributed by atoms with van der Waals surface area (Å²) >= 11 is 0. The van der Waals surface area contributed by atoms with Crippen LogP contribution in [0.1, 0.15) is 29.2 Å². The van der Waals surface area contributed by atoms with Crippen LogP contribution in [-0.2, 0) is 34.9 Å². The van der Waals surface area contributed by atoms with Crippen molar-refractivity contribution in [1.82, 2.24) is 10.6 Å². The highest BCUT2D eigenvalue weighted by molar-refractivity contribution is 7.89. The van der Waals surface area contributed by atoms with Crippen LogP contribution in [0.5, 0.6) is 0 Å². The van der Waals surface area contributed by atoms with Gasteiger partial charge in [0.25, 0.3) is 0 Å². The Balaban J connectivity index is 2.01. The van der Waals surface area contributed by atoms with E-state index in [1.807, 2.05) is 19.1 Å². The lowest BCUT2D eigenvalue weighted by atomic mass is 10.1. The zero-order valence-electron chi connectivity index (χ0n) is 16.3. The Labute approximate surface area is 169 Å². The van der Waals surface area contributed by atoms with Gasteiger partial charge in [0.05, 0.1) is 17.9 Å². The van der Waals surface area contributed by atoms with Gasteiger partial charge in [-0.05, 0) is 35.7 Å². The normalized spacial score (nSPS) is 12.7. The van der Waals surface area contributed by atoms with Crippen LogP contribution in [-0.4, -0.2) is 27.2 Å². The molecule has 0 aliphatic carbocycles. The number of hydrogen-bond donors (Lipinski definition) is 2. The summed E-state index contributed by atoms with van der Waals surface area (Å²) in [7, 11) is -3.08. The van der Waals surface area contributed by atoms with Gasteiger partial charge in [-0.25, -0.2) is 13.4 Å². The van der Waals surface area contributed by atoms with Gasteiger partial charge >= 0.3 is 6.18 Å². The molecule has 2 N–H and O–H groups in total. The van der Waals surface area contributed by atoms with E-state index in [-0.39, 0.29) is 12.3 Å². The Morgan fingerprint density at radius 2 is 1.66 bits per heavy atom. The summed E-state index contributed by atoms with van der Waals surface area (Å²) in [5.41, 5.74) is 1.40. The fourth-order valence-electron chi connectivity index (χ4n) is 2.60. The zero-order valence-corrected chi connectivity index (χ0v) is 17.1. The van der Waals surface area contributed by atoms with Crippen LogP contribution in [0, 0.1) is 0 Å². The second-order valence-electron chi connectivity index (χ2n) is 6.63. The fraction of sp³-hybridized carbons (Fsp3) is 0.350. The molecule has 2 aromatic carbocycles. The first-order valence-corrected chi connectivity index (χ1v) is 11.1. The van der Waals surface area contributed by atoms with Crippen molar-refractivity contribution >= 4 is 15.8 Å². The number of rotatable bonds is 7. The standard InChI is InChI=1S/C20H24F3N3O2S/c1-3-24-19(26-13-17-5-4-6-18(11-17)20(21,22)23)25-12-15-7-9-16(10-8-15)14-29(2,27)28/h4-11H,3,12-14H2,1-2H3,(H2,24,25,26). The SMILES string of the molecule is CCNC(=NCc1cccc(C(F)(F)F)c1)NCc1ccc(CS(C)(=O)=O)cc1. The molecule has 9 heteroatoms. The van der Waals surface area contributed by atoms with Crippen molar-refractivity contribution < 1.29 is 21.6 Å². The maximum atomic E-state index is 12.8. The van der Waals surface area contributed by atoms with Crippen LogP contribution in [0.3, 0.4) is 0 Å². The maximum absolute atomic E-state index is 12.8. The number of sulfone groups is 1. The lowest BCUT2D eigenvalue weighted by molar-refractivity contribution is -0.137. The first-order chi connectivity index (χ1) is 13.6. The van der Waals surface area contributed by atoms with Crippen molar-refractivity contribution in [3.8, 4) is 0 Å². The van der Waals surface area contributed by atoms with E-state index in [9.17, 15) is 21.6 Å². The van der Waals surface area contributed by atoms with Crippen molar-refractivity contribution in [1.29, 1.82) is 0 Å². The van der Waals surface area contributed by atoms with Gasteiger partial charge in [-0.2, -0.15) is 13.2 Å². The molecule has 5 nitrogen and oxygen atoms in total. The minimum Gasteiger partial charge on any atom is -0.357 e. The van der Waals surface area contributed by atoms with E-state index < -0.39 is 21.6 Å². The van der Waals surface area contributed by atoms with E-state index in [0.717, 1.165) is 17.7 Å². The zero-order chi connectivity index (χ0) is 21.5. The van der Waals surface area contributed by atoms with Gasteiger partial charge in [0.2, 0.25) is 0 Å². The molecule has 2 rings (SSSR count). The average Bonchev–Trinajstić information content (AvgIpc) is 2.63. The number of aliphatic imine (C=N–C) groups is 1. The van der Waals surface area contributed by atoms with Crippen molar-refractivity contribution in [3.05, 3.63) is 70.8 Å². The van der Waals surface area contributed by atoms with Crippen molar-refractivity contribution in [3.63, 3.8) is 0 Å². The Bertz CT molecular complexity index is 940. The van der Waals surface area contributed by atoms with Gasteiger partial charge < -0.3 is 10.6 Å². The van der Waals surface area contributed by atoms with Crippen LogP contribution in [0.15, 0.2) is 53.5 Å². The summed E-state index contributed by atoms with van der Waals surface area (Å²) in [4.78, 5) is 4.34. The molecule has 0 fully saturated rings. The molecule has 0 aromatic heterocycles. The molecular formula is C20H24F3N3O2S. The highest BCUT2D eigenvalue weighted by Gasteiger charge is 2.30. The molecule has 0 aliphatic heterocycles. The summed E-state index contributed by atoms with van der Waals surface area (Å²) in [5.74, 6) is 0.465. The lowest BCUT2D eigenvalue weighted by Crippen LogP contribution is -2.36. The first-order valence-electron chi connectivity index (χ1n) is 9.00. The van der Waals surface area contributed by atoms with Crippen LogP contribution in [0.25, 0.3) is 0 Å². The smallest absolute Gasteiger partial charge is 0.357 e. The molecule has 158 valence electrons. The first kappa shape index (κ1) is 22.7. The number of alkyl halides is 3. The minimum absolute atomic E-state index is 0.0121. The molecule has 0 saturated heterocycles. The predicted octanol–water partition coefficient (Wildman–Crippen LogP) is 3.51. The number of nitrogens with zero attached hydrogens (tertiary/aromatic N) is 1. The van der Waals surface area contributed by atoms with Crippen molar-refractivity contribution in [2.45, 2.75) is 31.9 Å². The number of benzene rings is 2.